The van der Waals surface area contributed by atoms with E-state index in [9.17, 15) is 8.42 Å². The molecule has 0 atom stereocenters. The van der Waals surface area contributed by atoms with Crippen LogP contribution in [0.15, 0.2) is 24.3 Å². The van der Waals surface area contributed by atoms with Gasteiger partial charge >= 0.3 is 0 Å². The van der Waals surface area contributed by atoms with Gasteiger partial charge in [-0.05, 0) is 17.7 Å². The smallest absolute Gasteiger partial charge is 0.211 e. The third-order valence-corrected chi connectivity index (χ3v) is 2.90. The first kappa shape index (κ1) is 12.2. The molecule has 0 fully saturated rings. The minimum absolute atomic E-state index is 0.0829. The molecule has 0 saturated heterocycles. The van der Waals surface area contributed by atoms with Crippen molar-refractivity contribution in [2.45, 2.75) is 6.54 Å². The summed E-state index contributed by atoms with van der Waals surface area (Å²) in [6.07, 6.45) is 0. The molecule has 0 unspecified atom stereocenters. The molecular weight excluding hydrogens is 226 g/mol. The zero-order valence-electron chi connectivity index (χ0n) is 8.34. The van der Waals surface area contributed by atoms with Crippen molar-refractivity contribution in [2.75, 3.05) is 5.75 Å². The predicted molar refractivity (Wildman–Crippen MR) is 57.4 cm³/mol. The van der Waals surface area contributed by atoms with E-state index < -0.39 is 15.8 Å². The molecule has 0 radical (unpaired) electrons. The third-order valence-electron chi connectivity index (χ3n) is 1.81. The SMILES string of the molecule is N#CCS(=O)(=O)NCc1cccc(C#N)c1. The van der Waals surface area contributed by atoms with Crippen LogP contribution in [0.2, 0.25) is 0 Å². The van der Waals surface area contributed by atoms with Gasteiger partial charge in [0, 0.05) is 6.54 Å². The highest BCUT2D eigenvalue weighted by molar-refractivity contribution is 7.89. The van der Waals surface area contributed by atoms with Crippen molar-refractivity contribution >= 4 is 10.0 Å². The number of nitrogens with one attached hydrogen (secondary N) is 1. The van der Waals surface area contributed by atoms with E-state index in [1.54, 1.807) is 30.3 Å². The molecule has 16 heavy (non-hydrogen) atoms. The lowest BCUT2D eigenvalue weighted by atomic mass is 10.1. The lowest BCUT2D eigenvalue weighted by molar-refractivity contribution is 0.585. The maximum atomic E-state index is 11.2. The third kappa shape index (κ3) is 3.70. The molecule has 0 bridgehead atoms. The molecule has 0 aromatic heterocycles. The van der Waals surface area contributed by atoms with Gasteiger partial charge < -0.3 is 0 Å². The van der Waals surface area contributed by atoms with Crippen LogP contribution < -0.4 is 4.72 Å². The quantitative estimate of drug-likeness (QED) is 0.822. The minimum atomic E-state index is -3.54. The van der Waals surface area contributed by atoms with Gasteiger partial charge in [-0.1, -0.05) is 12.1 Å². The topological polar surface area (TPSA) is 93.8 Å². The normalized spacial score (nSPS) is 10.4. The number of rotatable bonds is 4. The maximum absolute atomic E-state index is 11.2. The van der Waals surface area contributed by atoms with Crippen LogP contribution >= 0.6 is 0 Å². The largest absolute Gasteiger partial charge is 0.225 e. The summed E-state index contributed by atoms with van der Waals surface area (Å²) in [5, 5.41) is 16.9. The number of sulfonamides is 1. The van der Waals surface area contributed by atoms with Crippen molar-refractivity contribution in [1.82, 2.24) is 4.72 Å². The van der Waals surface area contributed by atoms with Gasteiger partial charge in [-0.2, -0.15) is 10.5 Å². The van der Waals surface area contributed by atoms with E-state index in [0.29, 0.717) is 11.1 Å². The first-order valence-electron chi connectivity index (χ1n) is 4.41. The van der Waals surface area contributed by atoms with E-state index in [1.165, 1.54) is 0 Å². The van der Waals surface area contributed by atoms with E-state index in [1.807, 2.05) is 6.07 Å². The molecule has 1 N–H and O–H groups in total. The van der Waals surface area contributed by atoms with E-state index in [4.69, 9.17) is 10.5 Å². The van der Waals surface area contributed by atoms with E-state index in [0.717, 1.165) is 0 Å². The molecule has 6 heteroatoms. The Morgan fingerprint density at radius 2 is 2.06 bits per heavy atom. The predicted octanol–water partition coefficient (Wildman–Crippen LogP) is 0.501. The second-order valence-corrected chi connectivity index (χ2v) is 4.86. The molecule has 5 nitrogen and oxygen atoms in total. The van der Waals surface area contributed by atoms with Crippen molar-refractivity contribution in [3.63, 3.8) is 0 Å². The van der Waals surface area contributed by atoms with Crippen LogP contribution in [0.5, 0.6) is 0 Å². The van der Waals surface area contributed by atoms with E-state index in [-0.39, 0.29) is 6.54 Å². The summed E-state index contributed by atoms with van der Waals surface area (Å²) >= 11 is 0. The highest BCUT2D eigenvalue weighted by Crippen LogP contribution is 2.04. The Morgan fingerprint density at radius 3 is 2.69 bits per heavy atom. The van der Waals surface area contributed by atoms with Gasteiger partial charge in [0.05, 0.1) is 17.7 Å². The van der Waals surface area contributed by atoms with Gasteiger partial charge in [0.25, 0.3) is 0 Å². The summed E-state index contributed by atoms with van der Waals surface area (Å²) in [6.45, 7) is 0.0829. The number of nitrogens with zero attached hydrogens (tertiary/aromatic N) is 2. The first-order chi connectivity index (χ1) is 7.57. The fraction of sp³-hybridized carbons (Fsp3) is 0.200. The Bertz CT molecular complexity index is 552. The summed E-state index contributed by atoms with van der Waals surface area (Å²) in [5.74, 6) is -0.565. The average molecular weight is 235 g/mol. The molecule has 0 amide bonds. The monoisotopic (exact) mass is 235 g/mol. The lowest BCUT2D eigenvalue weighted by Crippen LogP contribution is -2.25. The van der Waals surface area contributed by atoms with Crippen LogP contribution in [0.4, 0.5) is 0 Å². The van der Waals surface area contributed by atoms with Crippen molar-refractivity contribution < 1.29 is 8.42 Å². The van der Waals surface area contributed by atoms with Crippen LogP contribution in [0, 0.1) is 22.7 Å². The zero-order valence-corrected chi connectivity index (χ0v) is 9.16. The van der Waals surface area contributed by atoms with Gasteiger partial charge in [0.15, 0.2) is 5.75 Å². The molecule has 0 spiro atoms. The van der Waals surface area contributed by atoms with Crippen LogP contribution in [0.3, 0.4) is 0 Å². The van der Waals surface area contributed by atoms with Gasteiger partial charge in [-0.15, -0.1) is 0 Å². The standard InChI is InChI=1S/C10H9N3O2S/c11-4-5-16(14,15)13-8-10-3-1-2-9(6-10)7-12/h1-3,6,13H,5,8H2. The van der Waals surface area contributed by atoms with Crippen molar-refractivity contribution in [2.24, 2.45) is 0 Å². The molecule has 1 aromatic rings. The van der Waals surface area contributed by atoms with Crippen LogP contribution in [-0.4, -0.2) is 14.2 Å². The second kappa shape index (κ2) is 5.26. The van der Waals surface area contributed by atoms with Gasteiger partial charge in [0.2, 0.25) is 10.0 Å². The van der Waals surface area contributed by atoms with E-state index >= 15 is 0 Å². The van der Waals surface area contributed by atoms with E-state index in [2.05, 4.69) is 4.72 Å². The first-order valence-corrected chi connectivity index (χ1v) is 6.06. The van der Waals surface area contributed by atoms with Crippen LogP contribution in [-0.2, 0) is 16.6 Å². The Hall–Kier alpha value is -1.89. The van der Waals surface area contributed by atoms with Crippen molar-refractivity contribution in [3.05, 3.63) is 35.4 Å². The number of nitriles is 2. The fourth-order valence-electron chi connectivity index (χ4n) is 1.08. The van der Waals surface area contributed by atoms with Crippen molar-refractivity contribution in [1.29, 1.82) is 10.5 Å². The fourth-order valence-corrected chi connectivity index (χ4v) is 1.74. The summed E-state index contributed by atoms with van der Waals surface area (Å²) in [4.78, 5) is 0. The Balaban J connectivity index is 2.70. The van der Waals surface area contributed by atoms with Crippen molar-refractivity contribution in [3.8, 4) is 12.1 Å². The van der Waals surface area contributed by atoms with Gasteiger partial charge in [-0.3, -0.25) is 0 Å². The maximum Gasteiger partial charge on any atom is 0.225 e. The van der Waals surface area contributed by atoms with Crippen LogP contribution in [0.25, 0.3) is 0 Å². The molecule has 1 rings (SSSR count). The lowest BCUT2D eigenvalue weighted by Gasteiger charge is -2.03. The summed E-state index contributed by atoms with van der Waals surface area (Å²) < 4.78 is 24.6. The molecule has 0 aliphatic heterocycles. The number of benzene rings is 1. The molecule has 82 valence electrons. The highest BCUT2D eigenvalue weighted by Gasteiger charge is 2.08. The highest BCUT2D eigenvalue weighted by atomic mass is 32.2. The summed E-state index contributed by atoms with van der Waals surface area (Å²) in [7, 11) is -3.54. The minimum Gasteiger partial charge on any atom is -0.211 e. The zero-order chi connectivity index (χ0) is 12.0. The van der Waals surface area contributed by atoms with Gasteiger partial charge in [0.1, 0.15) is 0 Å². The molecule has 0 saturated carbocycles. The molecule has 0 aliphatic carbocycles. The second-order valence-electron chi connectivity index (χ2n) is 3.05. The summed E-state index contributed by atoms with van der Waals surface area (Å²) in [6, 6.07) is 10.1. The van der Waals surface area contributed by atoms with Crippen LogP contribution in [0.1, 0.15) is 11.1 Å². The molecule has 0 heterocycles. The Kier molecular flexibility index (Phi) is 4.01. The molecule has 0 aliphatic rings. The molecular formula is C10H9N3O2S. The average Bonchev–Trinajstić information content (AvgIpc) is 2.27. The Labute approximate surface area is 94.0 Å². The summed E-state index contributed by atoms with van der Waals surface area (Å²) in [5.41, 5.74) is 1.15. The van der Waals surface area contributed by atoms with Gasteiger partial charge in [-0.25, -0.2) is 13.1 Å². The Morgan fingerprint density at radius 1 is 1.31 bits per heavy atom. The number of hydrogen-bond donors (Lipinski definition) is 1. The molecule has 1 aromatic carbocycles. The number of hydrogen-bond acceptors (Lipinski definition) is 4.